The molecular weight excluding hydrogens is 313 g/mol. The van der Waals surface area contributed by atoms with Crippen molar-refractivity contribution >= 4 is 7.82 Å². The number of rotatable bonds is 13. The van der Waals surface area contributed by atoms with Crippen molar-refractivity contribution < 1.29 is 23.7 Å². The molecule has 0 aromatic carbocycles. The lowest BCUT2D eigenvalue weighted by atomic mass is 10.1. The Hall–Kier alpha value is 0.0700. The molecule has 0 bridgehead atoms. The van der Waals surface area contributed by atoms with Crippen LogP contribution in [0.1, 0.15) is 84.5 Å². The van der Waals surface area contributed by atoms with E-state index < -0.39 is 7.82 Å². The molecule has 0 aliphatic carbocycles. The fourth-order valence-corrected chi connectivity index (χ4v) is 2.58. The van der Waals surface area contributed by atoms with E-state index in [4.69, 9.17) is 19.2 Å². The molecule has 2 N–H and O–H groups in total. The van der Waals surface area contributed by atoms with Crippen LogP contribution in [0.3, 0.4) is 0 Å². The summed E-state index contributed by atoms with van der Waals surface area (Å²) in [4.78, 5) is 22.9. The van der Waals surface area contributed by atoms with Crippen molar-refractivity contribution in [3.05, 3.63) is 0 Å². The molecule has 0 aliphatic rings. The topological polar surface area (TPSA) is 80.6 Å². The molecule has 0 spiro atoms. The molecule has 0 heterocycles. The molecule has 142 valence electrons. The summed E-state index contributed by atoms with van der Waals surface area (Å²) in [5.74, 6) is 0. The highest BCUT2D eigenvalue weighted by Crippen LogP contribution is 2.19. The SMILES string of the molecule is CCCCCCCC[N+](C)(C)CCCCCCC.O=P([O-])(O)O. The summed E-state index contributed by atoms with van der Waals surface area (Å²) in [6.45, 7) is 7.33. The fraction of sp³-hybridized carbons (Fsp3) is 1.00. The van der Waals surface area contributed by atoms with E-state index >= 15 is 0 Å². The zero-order valence-electron chi connectivity index (χ0n) is 15.8. The summed E-state index contributed by atoms with van der Waals surface area (Å²) in [7, 11) is -0.0717. The summed E-state index contributed by atoms with van der Waals surface area (Å²) in [6, 6.07) is 0. The predicted molar refractivity (Wildman–Crippen MR) is 96.0 cm³/mol. The maximum atomic E-state index is 8.77. The molecule has 0 rings (SSSR count). The van der Waals surface area contributed by atoms with E-state index in [9.17, 15) is 0 Å². The van der Waals surface area contributed by atoms with Crippen molar-refractivity contribution in [2.45, 2.75) is 84.5 Å². The van der Waals surface area contributed by atoms with E-state index in [-0.39, 0.29) is 0 Å². The van der Waals surface area contributed by atoms with Crippen LogP contribution in [-0.2, 0) is 4.57 Å². The lowest BCUT2D eigenvalue weighted by Gasteiger charge is -2.30. The Morgan fingerprint density at radius 2 is 1.00 bits per heavy atom. The van der Waals surface area contributed by atoms with Crippen LogP contribution in [0.5, 0.6) is 0 Å². The summed E-state index contributed by atoms with van der Waals surface area (Å²) < 4.78 is 10.0. The minimum Gasteiger partial charge on any atom is -0.756 e. The number of hydrogen-bond acceptors (Lipinski definition) is 2. The Balaban J connectivity index is 0. The van der Waals surface area contributed by atoms with Gasteiger partial charge in [-0.2, -0.15) is 0 Å². The minimum atomic E-state index is -4.89. The lowest BCUT2D eigenvalue weighted by Crippen LogP contribution is -2.41. The summed E-state index contributed by atoms with van der Waals surface area (Å²) in [6.07, 6.45) is 15.6. The van der Waals surface area contributed by atoms with Crippen molar-refractivity contribution in [2.75, 3.05) is 27.2 Å². The first-order valence-electron chi connectivity index (χ1n) is 9.21. The predicted octanol–water partition coefficient (Wildman–Crippen LogP) is 3.83. The van der Waals surface area contributed by atoms with E-state index in [0.29, 0.717) is 0 Å². The average molecular weight is 353 g/mol. The normalized spacial score (nSPS) is 12.0. The average Bonchev–Trinajstić information content (AvgIpc) is 2.40. The highest BCUT2D eigenvalue weighted by molar-refractivity contribution is 7.43. The Labute approximate surface area is 143 Å². The van der Waals surface area contributed by atoms with Crippen molar-refractivity contribution in [2.24, 2.45) is 0 Å². The first kappa shape index (κ1) is 25.3. The Morgan fingerprint density at radius 3 is 1.30 bits per heavy atom. The van der Waals surface area contributed by atoms with Gasteiger partial charge in [0.25, 0.3) is 7.82 Å². The molecule has 0 aliphatic heterocycles. The van der Waals surface area contributed by atoms with Crippen molar-refractivity contribution in [1.29, 1.82) is 0 Å². The number of hydrogen-bond donors (Lipinski definition) is 2. The third kappa shape index (κ3) is 30.5. The monoisotopic (exact) mass is 353 g/mol. The van der Waals surface area contributed by atoms with Gasteiger partial charge in [0.05, 0.1) is 27.2 Å². The van der Waals surface area contributed by atoms with Crippen LogP contribution < -0.4 is 4.89 Å². The largest absolute Gasteiger partial charge is 0.756 e. The van der Waals surface area contributed by atoms with E-state index in [1.807, 2.05) is 0 Å². The third-order valence-electron chi connectivity index (χ3n) is 3.98. The summed E-state index contributed by atoms with van der Waals surface area (Å²) >= 11 is 0. The van der Waals surface area contributed by atoms with Crippen molar-refractivity contribution in [3.63, 3.8) is 0 Å². The molecule has 23 heavy (non-hydrogen) atoms. The molecule has 6 heteroatoms. The molecule has 0 fully saturated rings. The van der Waals surface area contributed by atoms with Crippen LogP contribution in [0.15, 0.2) is 0 Å². The number of unbranched alkanes of at least 4 members (excludes halogenated alkanes) is 9. The standard InChI is InChI=1S/C17H38N.H3O4P/c1-5-7-9-11-13-15-17-18(3,4)16-14-12-10-8-6-2;1-5(2,3)4/h5-17H2,1-4H3;(H3,1,2,3,4)/q+1;/p-1. The van der Waals surface area contributed by atoms with Crippen LogP contribution in [0.25, 0.3) is 0 Å². The van der Waals surface area contributed by atoms with Gasteiger partial charge < -0.3 is 19.2 Å². The quantitative estimate of drug-likeness (QED) is 0.299. The number of nitrogens with zero attached hydrogens (tertiary/aromatic N) is 1. The second-order valence-electron chi connectivity index (χ2n) is 7.06. The van der Waals surface area contributed by atoms with Crippen LogP contribution >= 0.6 is 7.82 Å². The minimum absolute atomic E-state index is 1.24. The summed E-state index contributed by atoms with van der Waals surface area (Å²) in [5, 5.41) is 0. The van der Waals surface area contributed by atoms with Crippen LogP contribution in [-0.4, -0.2) is 41.5 Å². The van der Waals surface area contributed by atoms with E-state index in [2.05, 4.69) is 27.9 Å². The molecule has 0 amide bonds. The van der Waals surface area contributed by atoms with Gasteiger partial charge >= 0.3 is 0 Å². The van der Waals surface area contributed by atoms with Gasteiger partial charge in [-0.1, -0.05) is 58.8 Å². The van der Waals surface area contributed by atoms with Gasteiger partial charge in [0.2, 0.25) is 0 Å². The molecule has 5 nitrogen and oxygen atoms in total. The van der Waals surface area contributed by atoms with Gasteiger partial charge in [-0.3, -0.25) is 4.57 Å². The smallest absolute Gasteiger partial charge is 0.262 e. The van der Waals surface area contributed by atoms with Gasteiger partial charge in [0, 0.05) is 0 Å². The molecule has 0 unspecified atom stereocenters. The van der Waals surface area contributed by atoms with Crippen LogP contribution in [0.2, 0.25) is 0 Å². The highest BCUT2D eigenvalue weighted by Gasteiger charge is 2.13. The molecule has 0 aromatic rings. The molecule has 0 atom stereocenters. The van der Waals surface area contributed by atoms with Crippen LogP contribution in [0.4, 0.5) is 0 Å². The molecule has 0 saturated carbocycles. The molecular formula is C17H40NO4P. The Bertz CT molecular complexity index is 284. The van der Waals surface area contributed by atoms with Gasteiger partial charge in [0.1, 0.15) is 0 Å². The van der Waals surface area contributed by atoms with E-state index in [0.717, 1.165) is 0 Å². The van der Waals surface area contributed by atoms with Crippen LogP contribution in [0, 0.1) is 0 Å². The van der Waals surface area contributed by atoms with E-state index in [1.165, 1.54) is 88.2 Å². The van der Waals surface area contributed by atoms with Gasteiger partial charge in [-0.25, -0.2) is 0 Å². The first-order valence-corrected chi connectivity index (χ1v) is 10.7. The second kappa shape index (κ2) is 15.6. The zero-order chi connectivity index (χ0) is 18.2. The van der Waals surface area contributed by atoms with E-state index in [1.54, 1.807) is 0 Å². The van der Waals surface area contributed by atoms with Gasteiger partial charge in [-0.05, 0) is 25.7 Å². The van der Waals surface area contributed by atoms with Gasteiger partial charge in [0.15, 0.2) is 0 Å². The third-order valence-corrected chi connectivity index (χ3v) is 3.98. The Kier molecular flexibility index (Phi) is 17.2. The first-order chi connectivity index (χ1) is 10.6. The fourth-order valence-electron chi connectivity index (χ4n) is 2.58. The Morgan fingerprint density at radius 1 is 0.739 bits per heavy atom. The number of quaternary nitrogens is 1. The molecule has 0 aromatic heterocycles. The number of phosphoric acid groups is 1. The maximum Gasteiger partial charge on any atom is 0.262 e. The lowest BCUT2D eigenvalue weighted by molar-refractivity contribution is -0.890. The van der Waals surface area contributed by atoms with Gasteiger partial charge in [-0.15, -0.1) is 0 Å². The highest BCUT2D eigenvalue weighted by atomic mass is 31.2. The maximum absolute atomic E-state index is 8.77. The second-order valence-corrected chi connectivity index (χ2v) is 8.04. The van der Waals surface area contributed by atoms with Crippen molar-refractivity contribution in [3.8, 4) is 0 Å². The summed E-state index contributed by atoms with van der Waals surface area (Å²) in [5.41, 5.74) is 0. The van der Waals surface area contributed by atoms with Crippen molar-refractivity contribution in [1.82, 2.24) is 0 Å². The molecule has 0 saturated heterocycles. The zero-order valence-corrected chi connectivity index (χ0v) is 16.7. The molecule has 0 radical (unpaired) electrons.